The van der Waals surface area contributed by atoms with Crippen LogP contribution in [0.25, 0.3) is 82.5 Å². The Balaban J connectivity index is 1.11. The predicted molar refractivity (Wildman–Crippen MR) is 214 cm³/mol. The van der Waals surface area contributed by atoms with Crippen molar-refractivity contribution in [3.63, 3.8) is 0 Å². The van der Waals surface area contributed by atoms with Gasteiger partial charge in [0, 0.05) is 49.0 Å². The Morgan fingerprint density at radius 3 is 1.94 bits per heavy atom. The van der Waals surface area contributed by atoms with E-state index in [9.17, 15) is 0 Å². The Hall–Kier alpha value is -6.39. The molecule has 0 aliphatic heterocycles. The summed E-state index contributed by atoms with van der Waals surface area (Å²) in [6.07, 6.45) is 16.7. The number of fused-ring (bicyclic) bond motifs is 10. The molecule has 0 radical (unpaired) electrons. The molecule has 5 aromatic carbocycles. The number of pyridine rings is 1. The third-order valence-electron chi connectivity index (χ3n) is 11.0. The maximum atomic E-state index is 5.42. The van der Waals surface area contributed by atoms with Crippen LogP contribution < -0.4 is 0 Å². The zero-order chi connectivity index (χ0) is 33.5. The maximum Gasteiger partial charge on any atom is 0.138 e. The van der Waals surface area contributed by atoms with Crippen molar-refractivity contribution in [2.45, 2.75) is 25.3 Å². The van der Waals surface area contributed by atoms with Gasteiger partial charge in [0.15, 0.2) is 0 Å². The largest absolute Gasteiger partial charge is 0.333 e. The lowest BCUT2D eigenvalue weighted by atomic mass is 9.99. The fraction of sp³-hybridized carbons (Fsp3) is 0.0851. The van der Waals surface area contributed by atoms with Crippen molar-refractivity contribution in [1.29, 1.82) is 0 Å². The van der Waals surface area contributed by atoms with E-state index in [0.717, 1.165) is 41.9 Å². The van der Waals surface area contributed by atoms with Crippen LogP contribution in [0.4, 0.5) is 0 Å². The highest BCUT2D eigenvalue weighted by Crippen LogP contribution is 2.43. The molecule has 0 fully saturated rings. The Morgan fingerprint density at radius 2 is 1.22 bits per heavy atom. The fourth-order valence-corrected chi connectivity index (χ4v) is 8.86. The molecule has 0 amide bonds. The summed E-state index contributed by atoms with van der Waals surface area (Å²) in [5.41, 5.74) is 10.9. The molecule has 4 nitrogen and oxygen atoms in total. The smallest absolute Gasteiger partial charge is 0.138 e. The van der Waals surface area contributed by atoms with E-state index in [1.165, 1.54) is 65.6 Å². The van der Waals surface area contributed by atoms with Gasteiger partial charge in [0.05, 0.1) is 33.8 Å². The molecule has 9 aromatic rings. The second-order valence-electron chi connectivity index (χ2n) is 13.8. The number of rotatable bonds is 4. The van der Waals surface area contributed by atoms with E-state index in [1.807, 2.05) is 0 Å². The monoisotopic (exact) mass is 654 g/mol. The molecule has 0 saturated carbocycles. The molecule has 0 spiro atoms. The number of allylic oxidation sites excluding steroid dienone is 8. The van der Waals surface area contributed by atoms with Crippen molar-refractivity contribution in [2.24, 2.45) is 0 Å². The third kappa shape index (κ3) is 4.17. The molecule has 0 saturated heterocycles. The number of para-hydroxylation sites is 4. The molecular formula is C47H34N4. The molecule has 0 N–H and O–H groups in total. The quantitative estimate of drug-likeness (QED) is 0.186. The van der Waals surface area contributed by atoms with Crippen molar-refractivity contribution >= 4 is 76.7 Å². The molecule has 4 heterocycles. The molecule has 11 rings (SSSR count). The Labute approximate surface area is 295 Å². The van der Waals surface area contributed by atoms with E-state index in [0.29, 0.717) is 0 Å². The molecule has 4 aromatic heterocycles. The van der Waals surface area contributed by atoms with Crippen molar-refractivity contribution in [3.05, 3.63) is 170 Å². The van der Waals surface area contributed by atoms with E-state index in [2.05, 4.69) is 178 Å². The lowest BCUT2D eigenvalue weighted by Crippen LogP contribution is -2.09. The van der Waals surface area contributed by atoms with Crippen LogP contribution in [0.2, 0.25) is 0 Å². The predicted octanol–water partition coefficient (Wildman–Crippen LogP) is 12.2. The van der Waals surface area contributed by atoms with Crippen molar-refractivity contribution < 1.29 is 0 Å². The van der Waals surface area contributed by atoms with Crippen LogP contribution >= 0.6 is 0 Å². The van der Waals surface area contributed by atoms with Gasteiger partial charge in [-0.15, -0.1) is 0 Å². The van der Waals surface area contributed by atoms with Gasteiger partial charge < -0.3 is 9.13 Å². The molecule has 2 aliphatic carbocycles. The molecule has 2 aliphatic rings. The molecule has 1 unspecified atom stereocenters. The summed E-state index contributed by atoms with van der Waals surface area (Å²) in [7, 11) is 0. The summed E-state index contributed by atoms with van der Waals surface area (Å²) in [6.45, 7) is 0. The first kappa shape index (κ1) is 28.4. The van der Waals surface area contributed by atoms with Gasteiger partial charge in [0.25, 0.3) is 0 Å². The summed E-state index contributed by atoms with van der Waals surface area (Å²) < 4.78 is 7.39. The summed E-state index contributed by atoms with van der Waals surface area (Å²) >= 11 is 0. The highest BCUT2D eigenvalue weighted by atomic mass is 15.1. The van der Waals surface area contributed by atoms with Crippen molar-refractivity contribution in [2.75, 3.05) is 0 Å². The van der Waals surface area contributed by atoms with Gasteiger partial charge >= 0.3 is 0 Å². The average Bonchev–Trinajstić information content (AvgIpc) is 3.84. The first-order chi connectivity index (χ1) is 25.3. The van der Waals surface area contributed by atoms with Crippen LogP contribution in [0, 0.1) is 0 Å². The highest BCUT2D eigenvalue weighted by Gasteiger charge is 2.23. The average molecular weight is 655 g/mol. The minimum atomic E-state index is 0.188. The fourth-order valence-electron chi connectivity index (χ4n) is 8.86. The molecule has 1 atom stereocenters. The number of aromatic nitrogens is 4. The number of hydrogen-bond donors (Lipinski definition) is 0. The van der Waals surface area contributed by atoms with Crippen LogP contribution in [-0.4, -0.2) is 18.7 Å². The zero-order valence-electron chi connectivity index (χ0n) is 28.1. The number of nitrogens with zero attached hydrogens (tertiary/aromatic N) is 4. The minimum Gasteiger partial charge on any atom is -0.333 e. The lowest BCUT2D eigenvalue weighted by molar-refractivity contribution is 0.650. The summed E-state index contributed by atoms with van der Waals surface area (Å²) in [5, 5.41) is 7.68. The highest BCUT2D eigenvalue weighted by molar-refractivity contribution is 6.26. The number of benzene rings is 5. The van der Waals surface area contributed by atoms with Gasteiger partial charge in [-0.1, -0.05) is 115 Å². The van der Waals surface area contributed by atoms with Crippen LogP contribution in [0.5, 0.6) is 0 Å². The van der Waals surface area contributed by atoms with Gasteiger partial charge in [-0.3, -0.25) is 4.57 Å². The first-order valence-electron chi connectivity index (χ1n) is 18.0. The third-order valence-corrected chi connectivity index (χ3v) is 11.0. The molecule has 51 heavy (non-hydrogen) atoms. The topological polar surface area (TPSA) is 27.7 Å². The standard InChI is InChI=1S/C47H34N4/c1-2-15-32(16-3-1)50-42-25-10-6-20-36(42)37-28-29-44-46(47(37)50)38-21-7-11-26-43(38)51(44)45-27-13-22-39(48-45)31-14-12-17-33(30-31)49-40-23-8-4-18-34(40)35-19-5-9-24-41(35)49/h1-2,4-15,18-30,33H,3,16-17H2. The van der Waals surface area contributed by atoms with E-state index in [4.69, 9.17) is 4.98 Å². The summed E-state index contributed by atoms with van der Waals surface area (Å²) in [4.78, 5) is 5.42. The van der Waals surface area contributed by atoms with Crippen LogP contribution in [0.3, 0.4) is 0 Å². The summed E-state index contributed by atoms with van der Waals surface area (Å²) in [6, 6.07) is 46.5. The minimum absolute atomic E-state index is 0.188. The van der Waals surface area contributed by atoms with E-state index in [1.54, 1.807) is 0 Å². The maximum absolute atomic E-state index is 5.42. The van der Waals surface area contributed by atoms with Crippen LogP contribution in [-0.2, 0) is 0 Å². The van der Waals surface area contributed by atoms with Gasteiger partial charge in [-0.2, -0.15) is 0 Å². The lowest BCUT2D eigenvalue weighted by Gasteiger charge is -2.21. The van der Waals surface area contributed by atoms with Crippen molar-refractivity contribution in [3.8, 4) is 5.82 Å². The second kappa shape index (κ2) is 11.1. The first-order valence-corrected chi connectivity index (χ1v) is 18.0. The van der Waals surface area contributed by atoms with Gasteiger partial charge in [0.2, 0.25) is 0 Å². The second-order valence-corrected chi connectivity index (χ2v) is 13.8. The van der Waals surface area contributed by atoms with E-state index < -0.39 is 0 Å². The van der Waals surface area contributed by atoms with Gasteiger partial charge in [0.1, 0.15) is 5.82 Å². The Morgan fingerprint density at radius 1 is 0.549 bits per heavy atom. The number of hydrogen-bond acceptors (Lipinski definition) is 1. The van der Waals surface area contributed by atoms with Gasteiger partial charge in [-0.25, -0.2) is 4.98 Å². The summed E-state index contributed by atoms with van der Waals surface area (Å²) in [5.74, 6) is 0.925. The SMILES string of the molecule is C1=CCCC(n2c3ccccc3c3ccc4c(c5ccccc5n4-c4cccc(C5=CC(n6c7ccccc7c7ccccc76)CC=C5)n4)c32)=C1. The Kier molecular flexibility index (Phi) is 6.17. The molecule has 242 valence electrons. The van der Waals surface area contributed by atoms with E-state index in [-0.39, 0.29) is 6.04 Å². The van der Waals surface area contributed by atoms with Crippen LogP contribution in [0.1, 0.15) is 31.0 Å². The van der Waals surface area contributed by atoms with E-state index >= 15 is 0 Å². The zero-order valence-corrected chi connectivity index (χ0v) is 28.1. The Bertz CT molecular complexity index is 2960. The molecule has 0 bridgehead atoms. The van der Waals surface area contributed by atoms with Crippen molar-refractivity contribution in [1.82, 2.24) is 18.7 Å². The van der Waals surface area contributed by atoms with Crippen LogP contribution in [0.15, 0.2) is 164 Å². The molecule has 4 heteroatoms. The molecular weight excluding hydrogens is 621 g/mol. The van der Waals surface area contributed by atoms with Gasteiger partial charge in [-0.05, 0) is 73.4 Å². The normalized spacial score (nSPS) is 16.3.